The summed E-state index contributed by atoms with van der Waals surface area (Å²) in [5, 5.41) is 2.87. The summed E-state index contributed by atoms with van der Waals surface area (Å²) >= 11 is 0. The Morgan fingerprint density at radius 1 is 1.79 bits per heavy atom. The van der Waals surface area contributed by atoms with Gasteiger partial charge in [0.2, 0.25) is 5.91 Å². The van der Waals surface area contributed by atoms with Crippen molar-refractivity contribution in [3.8, 4) is 0 Å². The fourth-order valence-corrected chi connectivity index (χ4v) is 1.53. The predicted octanol–water partition coefficient (Wildman–Crippen LogP) is 2.55. The van der Waals surface area contributed by atoms with E-state index in [1.807, 2.05) is 6.92 Å². The molecule has 2 nitrogen and oxygen atoms in total. The Hall–Kier alpha value is -1.31. The normalized spacial score (nSPS) is 20.9. The van der Waals surface area contributed by atoms with Gasteiger partial charge in [0.05, 0.1) is 0 Å². The molecule has 1 unspecified atom stereocenters. The van der Waals surface area contributed by atoms with E-state index in [1.54, 1.807) is 6.08 Å². The zero-order valence-electron chi connectivity index (χ0n) is 8.84. The highest BCUT2D eigenvalue weighted by Gasteiger charge is 2.10. The van der Waals surface area contributed by atoms with Crippen molar-refractivity contribution in [2.75, 3.05) is 0 Å². The van der Waals surface area contributed by atoms with E-state index in [0.29, 0.717) is 12.3 Å². The zero-order valence-corrected chi connectivity index (χ0v) is 8.84. The molecule has 1 amide bonds. The summed E-state index contributed by atoms with van der Waals surface area (Å²) in [6.07, 6.45) is 7.26. The lowest BCUT2D eigenvalue weighted by molar-refractivity contribution is -0.119. The van der Waals surface area contributed by atoms with Crippen LogP contribution >= 0.6 is 0 Å². The van der Waals surface area contributed by atoms with Crippen LogP contribution in [0.15, 0.2) is 36.1 Å². The quantitative estimate of drug-likeness (QED) is 0.682. The van der Waals surface area contributed by atoms with Gasteiger partial charge in [-0.05, 0) is 24.8 Å². The Labute approximate surface area is 85.4 Å². The topological polar surface area (TPSA) is 29.1 Å². The van der Waals surface area contributed by atoms with Crippen LogP contribution in [0.3, 0.4) is 0 Å². The summed E-state index contributed by atoms with van der Waals surface area (Å²) in [5.41, 5.74) is 2.11. The van der Waals surface area contributed by atoms with Crippen LogP contribution in [-0.4, -0.2) is 5.91 Å². The van der Waals surface area contributed by atoms with Gasteiger partial charge in [-0.25, -0.2) is 0 Å². The summed E-state index contributed by atoms with van der Waals surface area (Å²) in [6.45, 7) is 7.72. The van der Waals surface area contributed by atoms with Crippen molar-refractivity contribution in [1.29, 1.82) is 0 Å². The van der Waals surface area contributed by atoms with E-state index in [0.717, 1.165) is 17.7 Å². The second-order valence-electron chi connectivity index (χ2n) is 3.72. The molecule has 2 heteroatoms. The molecule has 76 valence electrons. The van der Waals surface area contributed by atoms with Crippen molar-refractivity contribution in [2.45, 2.75) is 26.7 Å². The first-order valence-corrected chi connectivity index (χ1v) is 4.93. The smallest absolute Gasteiger partial charge is 0.228 e. The van der Waals surface area contributed by atoms with Crippen molar-refractivity contribution in [2.24, 2.45) is 5.92 Å². The van der Waals surface area contributed by atoms with E-state index in [1.165, 1.54) is 0 Å². The summed E-state index contributed by atoms with van der Waals surface area (Å²) in [7, 11) is 0. The average molecular weight is 191 g/mol. The number of hydrogen-bond donors (Lipinski definition) is 1. The van der Waals surface area contributed by atoms with Gasteiger partial charge in [-0.15, -0.1) is 6.58 Å². The lowest BCUT2D eigenvalue weighted by Crippen LogP contribution is -2.23. The summed E-state index contributed by atoms with van der Waals surface area (Å²) in [5.74, 6) is 0.587. The first-order valence-electron chi connectivity index (χ1n) is 4.93. The number of hydrogen-bond acceptors (Lipinski definition) is 1. The number of nitrogens with one attached hydrogen (secondary N) is 1. The lowest BCUT2D eigenvalue weighted by Gasteiger charge is -2.17. The first kappa shape index (κ1) is 10.8. The van der Waals surface area contributed by atoms with E-state index < -0.39 is 0 Å². The van der Waals surface area contributed by atoms with Crippen molar-refractivity contribution in [3.05, 3.63) is 36.1 Å². The van der Waals surface area contributed by atoms with Crippen LogP contribution in [0.2, 0.25) is 0 Å². The molecule has 1 aliphatic carbocycles. The number of allylic oxidation sites excluding steroid dienone is 3. The molecule has 1 rings (SSSR count). The highest BCUT2D eigenvalue weighted by molar-refractivity contribution is 5.80. The molecular weight excluding hydrogens is 174 g/mol. The molecule has 0 aromatic rings. The minimum absolute atomic E-state index is 0.00792. The van der Waals surface area contributed by atoms with Gasteiger partial charge in [0.25, 0.3) is 0 Å². The van der Waals surface area contributed by atoms with Crippen LogP contribution in [0.4, 0.5) is 0 Å². The largest absolute Gasteiger partial charge is 0.326 e. The van der Waals surface area contributed by atoms with Crippen molar-refractivity contribution in [1.82, 2.24) is 5.32 Å². The molecule has 1 atom stereocenters. The summed E-state index contributed by atoms with van der Waals surface area (Å²) in [4.78, 5) is 11.3. The molecule has 0 saturated heterocycles. The fraction of sp³-hybridized carbons (Fsp3) is 0.417. The van der Waals surface area contributed by atoms with Crippen molar-refractivity contribution >= 4 is 5.91 Å². The third-order valence-corrected chi connectivity index (χ3v) is 2.26. The highest BCUT2D eigenvalue weighted by atomic mass is 16.1. The van der Waals surface area contributed by atoms with E-state index in [2.05, 4.69) is 31.0 Å². The maximum atomic E-state index is 11.3. The average Bonchev–Trinajstić information content (AvgIpc) is 2.10. The van der Waals surface area contributed by atoms with Crippen molar-refractivity contribution < 1.29 is 4.79 Å². The molecular formula is C12H17NO. The van der Waals surface area contributed by atoms with Gasteiger partial charge in [-0.1, -0.05) is 25.2 Å². The molecule has 0 radical (unpaired) electrons. The van der Waals surface area contributed by atoms with Gasteiger partial charge in [-0.3, -0.25) is 4.79 Å². The fourth-order valence-electron chi connectivity index (χ4n) is 1.53. The van der Waals surface area contributed by atoms with Gasteiger partial charge in [-0.2, -0.15) is 0 Å². The maximum absolute atomic E-state index is 11.3. The summed E-state index contributed by atoms with van der Waals surface area (Å²) < 4.78 is 0. The van der Waals surface area contributed by atoms with Gasteiger partial charge in [0.15, 0.2) is 0 Å². The number of carbonyl (C=O) groups is 1. The monoisotopic (exact) mass is 191 g/mol. The Kier molecular flexibility index (Phi) is 3.69. The molecule has 0 saturated carbocycles. The third-order valence-electron chi connectivity index (χ3n) is 2.26. The van der Waals surface area contributed by atoms with Crippen LogP contribution in [0.25, 0.3) is 0 Å². The van der Waals surface area contributed by atoms with Crippen molar-refractivity contribution in [3.63, 3.8) is 0 Å². The van der Waals surface area contributed by atoms with E-state index >= 15 is 0 Å². The number of amides is 1. The van der Waals surface area contributed by atoms with E-state index in [9.17, 15) is 4.79 Å². The standard InChI is InChI=1S/C12H17NO/c1-4-5-12(14)13-11-7-6-9(2)8-10(11)3/h4,7-9H,1,5-6H2,2-3H3,(H,13,14). The molecule has 1 aliphatic rings. The second kappa shape index (κ2) is 4.80. The molecule has 14 heavy (non-hydrogen) atoms. The summed E-state index contributed by atoms with van der Waals surface area (Å²) in [6, 6.07) is 0. The Morgan fingerprint density at radius 2 is 2.50 bits per heavy atom. The molecule has 0 bridgehead atoms. The molecule has 0 aliphatic heterocycles. The number of carbonyl (C=O) groups excluding carboxylic acids is 1. The Morgan fingerprint density at radius 3 is 3.07 bits per heavy atom. The molecule has 0 aromatic carbocycles. The van der Waals surface area contributed by atoms with Crippen LogP contribution in [0.1, 0.15) is 26.7 Å². The maximum Gasteiger partial charge on any atom is 0.228 e. The van der Waals surface area contributed by atoms with Gasteiger partial charge in [0.1, 0.15) is 0 Å². The first-order chi connectivity index (χ1) is 6.63. The Bertz CT molecular complexity index is 299. The van der Waals surface area contributed by atoms with Gasteiger partial charge in [0, 0.05) is 12.1 Å². The Balaban J connectivity index is 2.58. The minimum atomic E-state index is 0.00792. The molecule has 1 N–H and O–H groups in total. The molecule has 0 spiro atoms. The zero-order chi connectivity index (χ0) is 10.6. The van der Waals surface area contributed by atoms with Gasteiger partial charge >= 0.3 is 0 Å². The van der Waals surface area contributed by atoms with Crippen LogP contribution < -0.4 is 5.32 Å². The minimum Gasteiger partial charge on any atom is -0.326 e. The highest BCUT2D eigenvalue weighted by Crippen LogP contribution is 2.20. The van der Waals surface area contributed by atoms with Crippen LogP contribution in [0.5, 0.6) is 0 Å². The lowest BCUT2D eigenvalue weighted by atomic mass is 9.96. The van der Waals surface area contributed by atoms with Crippen LogP contribution in [0, 0.1) is 5.92 Å². The van der Waals surface area contributed by atoms with E-state index in [4.69, 9.17) is 0 Å². The number of rotatable bonds is 3. The van der Waals surface area contributed by atoms with E-state index in [-0.39, 0.29) is 5.91 Å². The molecule has 0 fully saturated rings. The molecule has 0 heterocycles. The SMILES string of the molecule is C=CCC(=O)NC1=CCC(C)C=C1C. The third kappa shape index (κ3) is 2.87. The van der Waals surface area contributed by atoms with Crippen LogP contribution in [-0.2, 0) is 4.79 Å². The van der Waals surface area contributed by atoms with Gasteiger partial charge < -0.3 is 5.32 Å². The second-order valence-corrected chi connectivity index (χ2v) is 3.72. The predicted molar refractivity (Wildman–Crippen MR) is 58.6 cm³/mol. The molecule has 0 aromatic heterocycles.